The molecule has 2 N–H and O–H groups in total. The average Bonchev–Trinajstić information content (AvgIpc) is 2.91. The summed E-state index contributed by atoms with van der Waals surface area (Å²) in [4.78, 5) is 38.2. The van der Waals surface area contributed by atoms with Crippen LogP contribution in [0.25, 0.3) is 0 Å². The minimum absolute atomic E-state index is 0.0512. The third kappa shape index (κ3) is 3.34. The summed E-state index contributed by atoms with van der Waals surface area (Å²) >= 11 is 1.16. The van der Waals surface area contributed by atoms with Gasteiger partial charge in [0.25, 0.3) is 11.5 Å². The molecule has 7 nitrogen and oxygen atoms in total. The molecular weight excluding hydrogens is 294 g/mol. The molecule has 0 radical (unpaired) electrons. The summed E-state index contributed by atoms with van der Waals surface area (Å²) < 4.78 is 1.36. The van der Waals surface area contributed by atoms with Crippen molar-refractivity contribution in [3.63, 3.8) is 0 Å². The summed E-state index contributed by atoms with van der Waals surface area (Å²) in [6.45, 7) is 1.70. The Balaban J connectivity index is 2.12. The molecule has 2 rings (SSSR count). The first-order chi connectivity index (χ1) is 9.88. The fraction of sp³-hybridized carbons (Fsp3) is 0.231. The lowest BCUT2D eigenvalue weighted by atomic mass is 10.2. The van der Waals surface area contributed by atoms with Crippen molar-refractivity contribution >= 4 is 23.2 Å². The standard InChI is InChI=1S/C13H13N3O4S/c1-7(12-15-9(6-21-12)13(19)20)14-11(18)8-3-4-16(2)10(17)5-8/h3-7H,1-2H3,(H,14,18)(H,19,20). The van der Waals surface area contributed by atoms with Crippen LogP contribution in [0.2, 0.25) is 0 Å². The van der Waals surface area contributed by atoms with Crippen LogP contribution in [0.1, 0.15) is 38.8 Å². The molecular formula is C13H13N3O4S. The summed E-state index contributed by atoms with van der Waals surface area (Å²) in [6, 6.07) is 2.33. The van der Waals surface area contributed by atoms with Crippen LogP contribution in [0.15, 0.2) is 28.5 Å². The predicted molar refractivity (Wildman–Crippen MR) is 76.6 cm³/mol. The van der Waals surface area contributed by atoms with Crippen molar-refractivity contribution in [2.45, 2.75) is 13.0 Å². The van der Waals surface area contributed by atoms with Crippen LogP contribution in [0.4, 0.5) is 0 Å². The first-order valence-corrected chi connectivity index (χ1v) is 6.92. The van der Waals surface area contributed by atoms with E-state index in [1.54, 1.807) is 14.0 Å². The number of carboxylic acid groups (broad SMARTS) is 1. The van der Waals surface area contributed by atoms with Gasteiger partial charge in [-0.1, -0.05) is 0 Å². The third-order valence-corrected chi connectivity index (χ3v) is 3.85. The lowest BCUT2D eigenvalue weighted by Gasteiger charge is -2.11. The number of nitrogens with one attached hydrogen (secondary N) is 1. The van der Waals surface area contributed by atoms with Gasteiger partial charge in [-0.2, -0.15) is 0 Å². The van der Waals surface area contributed by atoms with Gasteiger partial charge in [0.15, 0.2) is 5.69 Å². The lowest BCUT2D eigenvalue weighted by molar-refractivity contribution is 0.0691. The van der Waals surface area contributed by atoms with Gasteiger partial charge in [0.05, 0.1) is 6.04 Å². The van der Waals surface area contributed by atoms with Crippen LogP contribution in [-0.2, 0) is 7.05 Å². The van der Waals surface area contributed by atoms with Crippen LogP contribution in [0.3, 0.4) is 0 Å². The van der Waals surface area contributed by atoms with E-state index in [1.807, 2.05) is 0 Å². The van der Waals surface area contributed by atoms with Gasteiger partial charge in [0.2, 0.25) is 0 Å². The smallest absolute Gasteiger partial charge is 0.355 e. The highest BCUT2D eigenvalue weighted by atomic mass is 32.1. The number of hydrogen-bond donors (Lipinski definition) is 2. The van der Waals surface area contributed by atoms with E-state index in [4.69, 9.17) is 5.11 Å². The van der Waals surface area contributed by atoms with Crippen LogP contribution in [0.5, 0.6) is 0 Å². The van der Waals surface area contributed by atoms with Gasteiger partial charge < -0.3 is 15.0 Å². The Morgan fingerprint density at radius 2 is 2.19 bits per heavy atom. The SMILES string of the molecule is CC(NC(=O)c1ccn(C)c(=O)c1)c1nc(C(=O)O)cs1. The fourth-order valence-electron chi connectivity index (χ4n) is 1.62. The van der Waals surface area contributed by atoms with Crippen molar-refractivity contribution in [1.82, 2.24) is 14.9 Å². The highest BCUT2D eigenvalue weighted by molar-refractivity contribution is 7.09. The molecule has 110 valence electrons. The Morgan fingerprint density at radius 3 is 2.76 bits per heavy atom. The number of aryl methyl sites for hydroxylation is 1. The molecule has 0 saturated heterocycles. The maximum Gasteiger partial charge on any atom is 0.355 e. The normalized spacial score (nSPS) is 11.9. The van der Waals surface area contributed by atoms with E-state index in [-0.39, 0.29) is 16.8 Å². The van der Waals surface area contributed by atoms with Crippen LogP contribution in [-0.4, -0.2) is 26.5 Å². The van der Waals surface area contributed by atoms with Crippen LogP contribution in [0, 0.1) is 0 Å². The highest BCUT2D eigenvalue weighted by Crippen LogP contribution is 2.18. The second-order valence-electron chi connectivity index (χ2n) is 4.44. The molecule has 1 atom stereocenters. The van der Waals surface area contributed by atoms with Gasteiger partial charge in [-0.25, -0.2) is 9.78 Å². The average molecular weight is 307 g/mol. The topological polar surface area (TPSA) is 101 Å². The minimum Gasteiger partial charge on any atom is -0.476 e. The van der Waals surface area contributed by atoms with E-state index >= 15 is 0 Å². The van der Waals surface area contributed by atoms with Gasteiger partial charge in [0, 0.05) is 30.3 Å². The molecule has 8 heteroatoms. The van der Waals surface area contributed by atoms with Crippen molar-refractivity contribution in [2.75, 3.05) is 0 Å². The number of thiazole rings is 1. The summed E-state index contributed by atoms with van der Waals surface area (Å²) in [7, 11) is 1.59. The number of pyridine rings is 1. The van der Waals surface area contributed by atoms with Crippen molar-refractivity contribution in [3.05, 3.63) is 50.3 Å². The molecule has 21 heavy (non-hydrogen) atoms. The molecule has 1 amide bonds. The number of rotatable bonds is 4. The molecule has 0 aromatic carbocycles. The second-order valence-corrected chi connectivity index (χ2v) is 5.33. The Hall–Kier alpha value is -2.48. The molecule has 0 aliphatic rings. The van der Waals surface area contributed by atoms with E-state index in [0.29, 0.717) is 5.01 Å². The van der Waals surface area contributed by atoms with E-state index < -0.39 is 17.9 Å². The van der Waals surface area contributed by atoms with Gasteiger partial charge in [-0.15, -0.1) is 11.3 Å². The fourth-order valence-corrected chi connectivity index (χ4v) is 2.42. The number of amides is 1. The molecule has 0 bridgehead atoms. The quantitative estimate of drug-likeness (QED) is 0.878. The largest absolute Gasteiger partial charge is 0.476 e. The number of carbonyl (C=O) groups is 2. The molecule has 0 fully saturated rings. The van der Waals surface area contributed by atoms with Gasteiger partial charge in [-0.05, 0) is 13.0 Å². The zero-order valence-corrected chi connectivity index (χ0v) is 12.2. The molecule has 2 aromatic heterocycles. The molecule has 2 aromatic rings. The molecule has 2 heterocycles. The van der Waals surface area contributed by atoms with E-state index in [0.717, 1.165) is 11.3 Å². The summed E-state index contributed by atoms with van der Waals surface area (Å²) in [5.41, 5.74) is -0.0811. The summed E-state index contributed by atoms with van der Waals surface area (Å²) in [5, 5.41) is 13.4. The molecule has 0 aliphatic heterocycles. The minimum atomic E-state index is -1.11. The predicted octanol–water partition coefficient (Wildman–Crippen LogP) is 1.03. The Labute approximate surface area is 123 Å². The van der Waals surface area contributed by atoms with Crippen molar-refractivity contribution in [3.8, 4) is 0 Å². The third-order valence-electron chi connectivity index (χ3n) is 2.83. The maximum atomic E-state index is 12.0. The van der Waals surface area contributed by atoms with E-state index in [2.05, 4.69) is 10.3 Å². The van der Waals surface area contributed by atoms with Crippen molar-refractivity contribution in [1.29, 1.82) is 0 Å². The zero-order valence-electron chi connectivity index (χ0n) is 11.4. The number of hydrogen-bond acceptors (Lipinski definition) is 5. The number of nitrogens with zero attached hydrogens (tertiary/aromatic N) is 2. The molecule has 0 saturated carbocycles. The van der Waals surface area contributed by atoms with Gasteiger partial charge >= 0.3 is 5.97 Å². The van der Waals surface area contributed by atoms with Crippen LogP contribution < -0.4 is 10.9 Å². The van der Waals surface area contributed by atoms with Crippen LogP contribution >= 0.6 is 11.3 Å². The van der Waals surface area contributed by atoms with Gasteiger partial charge in [-0.3, -0.25) is 9.59 Å². The number of aromatic nitrogens is 2. The number of aromatic carboxylic acids is 1. The Kier molecular flexibility index (Phi) is 4.18. The molecule has 0 spiro atoms. The summed E-state index contributed by atoms with van der Waals surface area (Å²) in [5.74, 6) is -1.52. The molecule has 1 unspecified atom stereocenters. The first-order valence-electron chi connectivity index (χ1n) is 6.04. The Bertz CT molecular complexity index is 750. The van der Waals surface area contributed by atoms with Crippen molar-refractivity contribution in [2.24, 2.45) is 7.05 Å². The monoisotopic (exact) mass is 307 g/mol. The van der Waals surface area contributed by atoms with Gasteiger partial charge in [0.1, 0.15) is 5.01 Å². The van der Waals surface area contributed by atoms with E-state index in [9.17, 15) is 14.4 Å². The Morgan fingerprint density at radius 1 is 1.48 bits per heavy atom. The first kappa shape index (κ1) is 14.9. The zero-order chi connectivity index (χ0) is 15.6. The number of carbonyl (C=O) groups excluding carboxylic acids is 1. The maximum absolute atomic E-state index is 12.0. The molecule has 0 aliphatic carbocycles. The van der Waals surface area contributed by atoms with E-state index in [1.165, 1.54) is 28.3 Å². The van der Waals surface area contributed by atoms with Crippen molar-refractivity contribution < 1.29 is 14.7 Å². The summed E-state index contributed by atoms with van der Waals surface area (Å²) in [6.07, 6.45) is 1.51. The number of carboxylic acids is 1. The highest BCUT2D eigenvalue weighted by Gasteiger charge is 2.17. The lowest BCUT2D eigenvalue weighted by Crippen LogP contribution is -2.28. The second kappa shape index (κ2) is 5.88.